The van der Waals surface area contributed by atoms with Crippen molar-refractivity contribution in [3.8, 4) is 11.3 Å². The molecule has 78 valence electrons. The highest BCUT2D eigenvalue weighted by Gasteiger charge is 2.17. The zero-order chi connectivity index (χ0) is 10.3. The van der Waals surface area contributed by atoms with Crippen molar-refractivity contribution in [2.24, 2.45) is 0 Å². The Morgan fingerprint density at radius 1 is 1.33 bits per heavy atom. The van der Waals surface area contributed by atoms with E-state index in [1.54, 1.807) is 4.88 Å². The number of nitrogens with two attached hydrogens (primary N) is 1. The predicted molar refractivity (Wildman–Crippen MR) is 63.0 cm³/mol. The third-order valence-corrected chi connectivity index (χ3v) is 4.04. The molecule has 0 aromatic carbocycles. The fourth-order valence-electron chi connectivity index (χ4n) is 2.19. The number of fused-ring (bicyclic) bond motifs is 1. The molecule has 0 unspecified atom stereocenters. The number of aryl methyl sites for hydroxylation is 1. The molecule has 0 saturated heterocycles. The Morgan fingerprint density at radius 2 is 2.20 bits per heavy atom. The molecule has 3 nitrogen and oxygen atoms in total. The van der Waals surface area contributed by atoms with Crippen molar-refractivity contribution in [2.45, 2.75) is 25.7 Å². The lowest BCUT2D eigenvalue weighted by Gasteiger charge is -2.11. The molecular formula is C11H13N3S. The first-order chi connectivity index (χ1) is 7.34. The first-order valence-electron chi connectivity index (χ1n) is 5.24. The summed E-state index contributed by atoms with van der Waals surface area (Å²) in [6, 6.07) is 0. The molecule has 0 saturated carbocycles. The number of H-pyrrole nitrogens is 1. The number of nitrogen functional groups attached to an aromatic ring is 1. The van der Waals surface area contributed by atoms with Crippen LogP contribution in [0.5, 0.6) is 0 Å². The number of imidazole rings is 1. The second-order valence-corrected chi connectivity index (χ2v) is 4.90. The Balaban J connectivity index is 2.08. The molecule has 0 radical (unpaired) electrons. The molecule has 1 aliphatic rings. The summed E-state index contributed by atoms with van der Waals surface area (Å²) in [5.74, 6) is 0.501. The van der Waals surface area contributed by atoms with Gasteiger partial charge in [-0.05, 0) is 31.2 Å². The number of hydrogen-bond acceptors (Lipinski definition) is 3. The molecule has 2 aromatic rings. The van der Waals surface area contributed by atoms with Crippen molar-refractivity contribution in [1.82, 2.24) is 9.97 Å². The van der Waals surface area contributed by atoms with Crippen molar-refractivity contribution < 1.29 is 0 Å². The van der Waals surface area contributed by atoms with Crippen LogP contribution >= 0.6 is 11.3 Å². The monoisotopic (exact) mass is 219 g/mol. The van der Waals surface area contributed by atoms with Crippen molar-refractivity contribution in [1.29, 1.82) is 0 Å². The molecule has 0 atom stereocenters. The van der Waals surface area contributed by atoms with Gasteiger partial charge in [-0.2, -0.15) is 0 Å². The molecule has 0 fully saturated rings. The van der Waals surface area contributed by atoms with Crippen LogP contribution in [0.15, 0.2) is 11.6 Å². The average Bonchev–Trinajstić information content (AvgIpc) is 2.83. The van der Waals surface area contributed by atoms with Gasteiger partial charge in [0.2, 0.25) is 0 Å². The van der Waals surface area contributed by atoms with Gasteiger partial charge in [0.15, 0.2) is 5.95 Å². The summed E-state index contributed by atoms with van der Waals surface area (Å²) < 4.78 is 0. The third kappa shape index (κ3) is 1.45. The maximum Gasteiger partial charge on any atom is 0.197 e. The van der Waals surface area contributed by atoms with E-state index in [-0.39, 0.29) is 0 Å². The Kier molecular flexibility index (Phi) is 2.02. The minimum absolute atomic E-state index is 0.501. The molecule has 15 heavy (non-hydrogen) atoms. The summed E-state index contributed by atoms with van der Waals surface area (Å²) in [5, 5.41) is 2.23. The lowest BCUT2D eigenvalue weighted by Crippen LogP contribution is -1.99. The molecule has 3 rings (SSSR count). The number of rotatable bonds is 1. The van der Waals surface area contributed by atoms with Crippen molar-refractivity contribution in [3.05, 3.63) is 22.0 Å². The quantitative estimate of drug-likeness (QED) is 0.774. The second-order valence-electron chi connectivity index (χ2n) is 3.94. The van der Waals surface area contributed by atoms with Crippen molar-refractivity contribution in [2.75, 3.05) is 5.73 Å². The first kappa shape index (κ1) is 8.97. The minimum atomic E-state index is 0.501. The van der Waals surface area contributed by atoms with E-state index >= 15 is 0 Å². The van der Waals surface area contributed by atoms with Gasteiger partial charge in [-0.1, -0.05) is 0 Å². The van der Waals surface area contributed by atoms with Gasteiger partial charge in [-0.25, -0.2) is 4.98 Å². The number of nitrogens with zero attached hydrogens (tertiary/aromatic N) is 1. The van der Waals surface area contributed by atoms with Crippen LogP contribution in [0.3, 0.4) is 0 Å². The zero-order valence-electron chi connectivity index (χ0n) is 8.42. The Bertz CT molecular complexity index is 484. The summed E-state index contributed by atoms with van der Waals surface area (Å²) in [5.41, 5.74) is 9.47. The second kappa shape index (κ2) is 3.38. The molecule has 2 heterocycles. The lowest BCUT2D eigenvalue weighted by atomic mass is 9.95. The lowest BCUT2D eigenvalue weighted by molar-refractivity contribution is 0.698. The number of hydrogen-bond donors (Lipinski definition) is 2. The van der Waals surface area contributed by atoms with E-state index in [1.807, 2.05) is 17.5 Å². The normalized spacial score (nSPS) is 15.2. The molecule has 2 aromatic heterocycles. The van der Waals surface area contributed by atoms with Crippen LogP contribution in [-0.4, -0.2) is 9.97 Å². The van der Waals surface area contributed by atoms with Crippen LogP contribution in [-0.2, 0) is 12.8 Å². The average molecular weight is 219 g/mol. The number of thiophene rings is 1. The van der Waals surface area contributed by atoms with Crippen LogP contribution in [0, 0.1) is 0 Å². The van der Waals surface area contributed by atoms with E-state index in [0.717, 1.165) is 5.69 Å². The fourth-order valence-corrected chi connectivity index (χ4v) is 3.34. The molecular weight excluding hydrogens is 206 g/mol. The van der Waals surface area contributed by atoms with Crippen LogP contribution in [0.25, 0.3) is 11.3 Å². The van der Waals surface area contributed by atoms with Crippen LogP contribution < -0.4 is 5.73 Å². The van der Waals surface area contributed by atoms with E-state index < -0.39 is 0 Å². The van der Waals surface area contributed by atoms with Gasteiger partial charge in [0, 0.05) is 15.8 Å². The van der Waals surface area contributed by atoms with E-state index in [0.29, 0.717) is 5.95 Å². The highest BCUT2D eigenvalue weighted by atomic mass is 32.1. The first-order valence-corrected chi connectivity index (χ1v) is 6.12. The summed E-state index contributed by atoms with van der Waals surface area (Å²) in [6.07, 6.45) is 6.90. The molecule has 0 bridgehead atoms. The topological polar surface area (TPSA) is 54.7 Å². The Hall–Kier alpha value is -1.29. The Morgan fingerprint density at radius 3 is 3.00 bits per heavy atom. The van der Waals surface area contributed by atoms with Crippen LogP contribution in [0.4, 0.5) is 5.95 Å². The molecule has 4 heteroatoms. The molecule has 0 amide bonds. The van der Waals surface area contributed by atoms with Gasteiger partial charge in [0.05, 0.1) is 11.9 Å². The summed E-state index contributed by atoms with van der Waals surface area (Å²) in [6.45, 7) is 0. The number of nitrogens with one attached hydrogen (secondary N) is 1. The van der Waals surface area contributed by atoms with Gasteiger partial charge in [-0.15, -0.1) is 11.3 Å². The van der Waals surface area contributed by atoms with E-state index in [2.05, 4.69) is 15.3 Å². The van der Waals surface area contributed by atoms with E-state index in [1.165, 1.54) is 36.8 Å². The minimum Gasteiger partial charge on any atom is -0.369 e. The summed E-state index contributed by atoms with van der Waals surface area (Å²) >= 11 is 1.87. The van der Waals surface area contributed by atoms with Crippen molar-refractivity contribution in [3.63, 3.8) is 0 Å². The maximum atomic E-state index is 5.60. The standard InChI is InChI=1S/C11H13N3S/c12-11-13-5-9(14-11)8-6-15-10-4-2-1-3-7(8)10/h5-6H,1-4H2,(H3,12,13,14). The van der Waals surface area contributed by atoms with Crippen molar-refractivity contribution >= 4 is 17.3 Å². The Labute approximate surface area is 92.4 Å². The van der Waals surface area contributed by atoms with Gasteiger partial charge in [0.25, 0.3) is 0 Å². The molecule has 3 N–H and O–H groups in total. The number of anilines is 1. The highest BCUT2D eigenvalue weighted by molar-refractivity contribution is 7.10. The van der Waals surface area contributed by atoms with E-state index in [9.17, 15) is 0 Å². The highest BCUT2D eigenvalue weighted by Crippen LogP contribution is 2.35. The molecule has 1 aliphatic carbocycles. The fraction of sp³-hybridized carbons (Fsp3) is 0.364. The zero-order valence-corrected chi connectivity index (χ0v) is 9.23. The van der Waals surface area contributed by atoms with Crippen LogP contribution in [0.2, 0.25) is 0 Å². The third-order valence-electron chi connectivity index (χ3n) is 2.95. The predicted octanol–water partition coefficient (Wildman–Crippen LogP) is 2.60. The van der Waals surface area contributed by atoms with Gasteiger partial charge in [0.1, 0.15) is 0 Å². The number of aromatic amines is 1. The number of aromatic nitrogens is 2. The van der Waals surface area contributed by atoms with E-state index in [4.69, 9.17) is 5.73 Å². The molecule has 0 aliphatic heterocycles. The summed E-state index contributed by atoms with van der Waals surface area (Å²) in [4.78, 5) is 8.70. The SMILES string of the molecule is Nc1ncc(-c2csc3c2CCCC3)[nH]1. The van der Waals surface area contributed by atoms with Crippen LogP contribution in [0.1, 0.15) is 23.3 Å². The largest absolute Gasteiger partial charge is 0.369 e. The molecule has 0 spiro atoms. The van der Waals surface area contributed by atoms with Gasteiger partial charge >= 0.3 is 0 Å². The summed E-state index contributed by atoms with van der Waals surface area (Å²) in [7, 11) is 0. The smallest absolute Gasteiger partial charge is 0.197 e. The maximum absolute atomic E-state index is 5.60. The van der Waals surface area contributed by atoms with Gasteiger partial charge < -0.3 is 10.7 Å². The van der Waals surface area contributed by atoms with Gasteiger partial charge in [-0.3, -0.25) is 0 Å².